The number of anilines is 1. The van der Waals surface area contributed by atoms with Crippen LogP contribution in [0.3, 0.4) is 0 Å². The topological polar surface area (TPSA) is 71.1 Å². The van der Waals surface area contributed by atoms with Gasteiger partial charge in [-0.2, -0.15) is 13.2 Å². The molecule has 0 spiro atoms. The molecular weight excluding hydrogens is 383 g/mol. The van der Waals surface area contributed by atoms with Gasteiger partial charge < -0.3 is 10.6 Å². The number of alkyl halides is 3. The van der Waals surface area contributed by atoms with Crippen molar-refractivity contribution >= 4 is 17.5 Å². The molecule has 3 aromatic rings. The van der Waals surface area contributed by atoms with E-state index in [1.807, 2.05) is 30.3 Å². The van der Waals surface area contributed by atoms with Gasteiger partial charge in [0.05, 0.1) is 11.3 Å². The summed E-state index contributed by atoms with van der Waals surface area (Å²) in [6.07, 6.45) is -4.61. The Hall–Kier alpha value is -3.68. The van der Waals surface area contributed by atoms with E-state index in [2.05, 4.69) is 15.6 Å². The zero-order chi connectivity index (χ0) is 20.9. The molecule has 2 N–H and O–H groups in total. The fraction of sp³-hybridized carbons (Fsp3) is 0.0952. The molecule has 0 bridgehead atoms. The standard InChI is InChI=1S/C21H16F3N3O2/c22-21(23,24)15-9-4-5-10-16(15)27-20(29)18-12-6-11-17(26-18)19(28)25-13-14-7-2-1-3-8-14/h1-12H,13H2,(H,25,28)(H,27,29). The Morgan fingerprint density at radius 2 is 1.41 bits per heavy atom. The molecule has 29 heavy (non-hydrogen) atoms. The number of carbonyl (C=O) groups excluding carboxylic acids is 2. The molecule has 3 rings (SSSR count). The second-order valence-corrected chi connectivity index (χ2v) is 6.07. The number of para-hydroxylation sites is 1. The van der Waals surface area contributed by atoms with Gasteiger partial charge in [-0.1, -0.05) is 48.5 Å². The van der Waals surface area contributed by atoms with E-state index < -0.39 is 23.6 Å². The van der Waals surface area contributed by atoms with Crippen LogP contribution in [-0.2, 0) is 12.7 Å². The first-order valence-corrected chi connectivity index (χ1v) is 8.61. The molecule has 0 radical (unpaired) electrons. The molecule has 0 saturated heterocycles. The van der Waals surface area contributed by atoms with Crippen LogP contribution in [0.5, 0.6) is 0 Å². The van der Waals surface area contributed by atoms with Crippen LogP contribution in [0, 0.1) is 0 Å². The SMILES string of the molecule is O=C(NCc1ccccc1)c1cccc(C(=O)Nc2ccccc2C(F)(F)F)n1. The van der Waals surface area contributed by atoms with E-state index in [1.165, 1.54) is 30.3 Å². The lowest BCUT2D eigenvalue weighted by molar-refractivity contribution is -0.136. The molecule has 2 aromatic carbocycles. The summed E-state index contributed by atoms with van der Waals surface area (Å²) in [6.45, 7) is 0.275. The second-order valence-electron chi connectivity index (χ2n) is 6.07. The summed E-state index contributed by atoms with van der Waals surface area (Å²) in [4.78, 5) is 28.6. The minimum Gasteiger partial charge on any atom is -0.347 e. The molecule has 1 aromatic heterocycles. The Bertz CT molecular complexity index is 1020. The van der Waals surface area contributed by atoms with Gasteiger partial charge in [-0.25, -0.2) is 4.98 Å². The lowest BCUT2D eigenvalue weighted by atomic mass is 10.1. The predicted octanol–water partition coefficient (Wildman–Crippen LogP) is 4.28. The molecule has 0 aliphatic carbocycles. The van der Waals surface area contributed by atoms with Crippen LogP contribution in [0.4, 0.5) is 18.9 Å². The van der Waals surface area contributed by atoms with Crippen molar-refractivity contribution in [3.63, 3.8) is 0 Å². The molecule has 0 aliphatic rings. The lowest BCUT2D eigenvalue weighted by Crippen LogP contribution is -2.25. The summed E-state index contributed by atoms with van der Waals surface area (Å²) in [5.41, 5.74) is -0.652. The molecule has 5 nitrogen and oxygen atoms in total. The number of amides is 2. The first-order chi connectivity index (χ1) is 13.8. The van der Waals surface area contributed by atoms with Crippen molar-refractivity contribution in [3.05, 3.63) is 95.3 Å². The first-order valence-electron chi connectivity index (χ1n) is 8.61. The summed E-state index contributed by atoms with van der Waals surface area (Å²) in [7, 11) is 0. The third-order valence-electron chi connectivity index (χ3n) is 3.99. The van der Waals surface area contributed by atoms with E-state index in [0.29, 0.717) is 0 Å². The van der Waals surface area contributed by atoms with Crippen molar-refractivity contribution in [2.24, 2.45) is 0 Å². The highest BCUT2D eigenvalue weighted by Crippen LogP contribution is 2.34. The highest BCUT2D eigenvalue weighted by molar-refractivity contribution is 6.04. The minimum absolute atomic E-state index is 0.0160. The van der Waals surface area contributed by atoms with E-state index in [9.17, 15) is 22.8 Å². The molecule has 0 fully saturated rings. The monoisotopic (exact) mass is 399 g/mol. The molecule has 0 unspecified atom stereocenters. The van der Waals surface area contributed by atoms with Crippen LogP contribution in [0.25, 0.3) is 0 Å². The number of hydrogen-bond donors (Lipinski definition) is 2. The fourth-order valence-electron chi connectivity index (χ4n) is 2.58. The van der Waals surface area contributed by atoms with Crippen molar-refractivity contribution < 1.29 is 22.8 Å². The number of nitrogens with one attached hydrogen (secondary N) is 2. The van der Waals surface area contributed by atoms with Gasteiger partial charge in [0.15, 0.2) is 0 Å². The normalized spacial score (nSPS) is 11.0. The third kappa shape index (κ3) is 5.19. The van der Waals surface area contributed by atoms with E-state index in [1.54, 1.807) is 0 Å². The average molecular weight is 399 g/mol. The van der Waals surface area contributed by atoms with Crippen LogP contribution >= 0.6 is 0 Å². The van der Waals surface area contributed by atoms with Crippen LogP contribution in [-0.4, -0.2) is 16.8 Å². The number of benzene rings is 2. The van der Waals surface area contributed by atoms with Gasteiger partial charge >= 0.3 is 6.18 Å². The van der Waals surface area contributed by atoms with Gasteiger partial charge in [-0.3, -0.25) is 9.59 Å². The van der Waals surface area contributed by atoms with Gasteiger partial charge in [0.1, 0.15) is 11.4 Å². The van der Waals surface area contributed by atoms with E-state index in [-0.39, 0.29) is 23.6 Å². The molecule has 1 heterocycles. The molecule has 0 aliphatic heterocycles. The van der Waals surface area contributed by atoms with E-state index in [4.69, 9.17) is 0 Å². The molecule has 0 saturated carbocycles. The molecular formula is C21H16F3N3O2. The summed E-state index contributed by atoms with van der Waals surface area (Å²) < 4.78 is 39.2. The third-order valence-corrected chi connectivity index (χ3v) is 3.99. The smallest absolute Gasteiger partial charge is 0.347 e. The van der Waals surface area contributed by atoms with Gasteiger partial charge in [-0.05, 0) is 29.8 Å². The van der Waals surface area contributed by atoms with Crippen molar-refractivity contribution in [3.8, 4) is 0 Å². The van der Waals surface area contributed by atoms with E-state index in [0.717, 1.165) is 17.7 Å². The summed E-state index contributed by atoms with van der Waals surface area (Å²) in [6, 6.07) is 18.0. The number of hydrogen-bond acceptors (Lipinski definition) is 3. The predicted molar refractivity (Wildman–Crippen MR) is 101 cm³/mol. The van der Waals surface area contributed by atoms with Crippen LogP contribution in [0.2, 0.25) is 0 Å². The first kappa shape index (κ1) is 20.1. The molecule has 2 amide bonds. The highest BCUT2D eigenvalue weighted by atomic mass is 19.4. The summed E-state index contributed by atoms with van der Waals surface area (Å²) in [5, 5.41) is 4.88. The van der Waals surface area contributed by atoms with E-state index >= 15 is 0 Å². The molecule has 8 heteroatoms. The number of aromatic nitrogens is 1. The Kier molecular flexibility index (Phi) is 5.92. The average Bonchev–Trinajstić information content (AvgIpc) is 2.72. The number of pyridine rings is 1. The number of rotatable bonds is 5. The highest BCUT2D eigenvalue weighted by Gasteiger charge is 2.33. The van der Waals surface area contributed by atoms with Crippen molar-refractivity contribution in [2.75, 3.05) is 5.32 Å². The number of nitrogens with zero attached hydrogens (tertiary/aromatic N) is 1. The Labute approximate surface area is 164 Å². The quantitative estimate of drug-likeness (QED) is 0.673. The molecule has 148 valence electrons. The van der Waals surface area contributed by atoms with Crippen molar-refractivity contribution in [2.45, 2.75) is 12.7 Å². The molecule has 0 atom stereocenters. The zero-order valence-corrected chi connectivity index (χ0v) is 15.0. The summed E-state index contributed by atoms with van der Waals surface area (Å²) >= 11 is 0. The van der Waals surface area contributed by atoms with Gasteiger partial charge in [-0.15, -0.1) is 0 Å². The van der Waals surface area contributed by atoms with Gasteiger partial charge in [0.25, 0.3) is 11.8 Å². The number of halogens is 3. The Morgan fingerprint density at radius 3 is 2.10 bits per heavy atom. The minimum atomic E-state index is -4.61. The van der Waals surface area contributed by atoms with Crippen LogP contribution < -0.4 is 10.6 Å². The van der Waals surface area contributed by atoms with Crippen molar-refractivity contribution in [1.82, 2.24) is 10.3 Å². The maximum Gasteiger partial charge on any atom is 0.418 e. The second kappa shape index (κ2) is 8.55. The summed E-state index contributed by atoms with van der Waals surface area (Å²) in [5.74, 6) is -1.35. The maximum absolute atomic E-state index is 13.1. The fourth-order valence-corrected chi connectivity index (χ4v) is 2.58. The maximum atomic E-state index is 13.1. The van der Waals surface area contributed by atoms with Crippen LogP contribution in [0.15, 0.2) is 72.8 Å². The van der Waals surface area contributed by atoms with Crippen LogP contribution in [0.1, 0.15) is 32.1 Å². The Balaban J connectivity index is 1.72. The Morgan fingerprint density at radius 1 is 0.793 bits per heavy atom. The zero-order valence-electron chi connectivity index (χ0n) is 15.0. The lowest BCUT2D eigenvalue weighted by Gasteiger charge is -2.13. The van der Waals surface area contributed by atoms with Gasteiger partial charge in [0.2, 0.25) is 0 Å². The largest absolute Gasteiger partial charge is 0.418 e. The van der Waals surface area contributed by atoms with Crippen molar-refractivity contribution in [1.29, 1.82) is 0 Å². The van der Waals surface area contributed by atoms with Gasteiger partial charge in [0, 0.05) is 6.54 Å². The number of carbonyl (C=O) groups is 2.